The first-order valence-electron chi connectivity index (χ1n) is 10.1. The van der Waals surface area contributed by atoms with Crippen molar-refractivity contribution in [3.05, 3.63) is 23.8 Å². The van der Waals surface area contributed by atoms with Crippen LogP contribution < -0.4 is 23.7 Å². The van der Waals surface area contributed by atoms with Gasteiger partial charge in [-0.15, -0.1) is 0 Å². The molecule has 8 nitrogen and oxygen atoms in total. The van der Waals surface area contributed by atoms with Gasteiger partial charge in [0.2, 0.25) is 18.3 Å². The van der Waals surface area contributed by atoms with Gasteiger partial charge in [-0.2, -0.15) is 0 Å². The van der Waals surface area contributed by atoms with E-state index in [1.54, 1.807) is 26.4 Å². The number of aromatic hydroxyl groups is 1. The predicted molar refractivity (Wildman–Crippen MR) is 112 cm³/mol. The molecule has 2 aliphatic rings. The molecule has 0 aliphatic carbocycles. The molecule has 0 aromatic heterocycles. The van der Waals surface area contributed by atoms with Gasteiger partial charge in [-0.05, 0) is 35.2 Å². The Hall–Kier alpha value is -2.84. The first-order chi connectivity index (χ1) is 14.9. The molecule has 2 aliphatic heterocycles. The van der Waals surface area contributed by atoms with E-state index >= 15 is 0 Å². The SMILES string of the molecule is COc1cc(-c2c([C@@H]3O[C@H](OC)[C@@H](C)[C@H]3C)cc3c(c2OC)OCO3)cc(OC)c1O. The highest BCUT2D eigenvalue weighted by atomic mass is 16.7. The van der Waals surface area contributed by atoms with Crippen molar-refractivity contribution in [2.24, 2.45) is 11.8 Å². The topological polar surface area (TPSA) is 84.8 Å². The van der Waals surface area contributed by atoms with Crippen LogP contribution in [-0.2, 0) is 9.47 Å². The van der Waals surface area contributed by atoms with Crippen molar-refractivity contribution in [3.63, 3.8) is 0 Å². The minimum Gasteiger partial charge on any atom is -0.502 e. The number of methoxy groups -OCH3 is 4. The van der Waals surface area contributed by atoms with Crippen molar-refractivity contribution in [1.82, 2.24) is 0 Å². The van der Waals surface area contributed by atoms with Gasteiger partial charge in [0, 0.05) is 18.6 Å². The van der Waals surface area contributed by atoms with E-state index in [-0.39, 0.29) is 48.3 Å². The van der Waals surface area contributed by atoms with Crippen molar-refractivity contribution >= 4 is 0 Å². The molecule has 0 bridgehead atoms. The van der Waals surface area contributed by atoms with Gasteiger partial charge in [-0.1, -0.05) is 13.8 Å². The second kappa shape index (κ2) is 8.36. The van der Waals surface area contributed by atoms with E-state index in [1.807, 2.05) is 6.07 Å². The van der Waals surface area contributed by atoms with Crippen LogP contribution in [0.25, 0.3) is 11.1 Å². The van der Waals surface area contributed by atoms with E-state index in [4.69, 9.17) is 33.2 Å². The Kier molecular flexibility index (Phi) is 5.77. The first kappa shape index (κ1) is 21.4. The van der Waals surface area contributed by atoms with Gasteiger partial charge >= 0.3 is 0 Å². The summed E-state index contributed by atoms with van der Waals surface area (Å²) in [5.74, 6) is 2.47. The molecule has 0 saturated carbocycles. The Balaban J connectivity index is 1.98. The normalized spacial score (nSPS) is 24.3. The molecule has 8 heteroatoms. The lowest BCUT2D eigenvalue weighted by Gasteiger charge is -2.23. The highest BCUT2D eigenvalue weighted by molar-refractivity contribution is 5.83. The van der Waals surface area contributed by atoms with Crippen molar-refractivity contribution < 1.29 is 38.3 Å². The third-order valence-electron chi connectivity index (χ3n) is 6.18. The molecule has 0 unspecified atom stereocenters. The van der Waals surface area contributed by atoms with Gasteiger partial charge in [0.25, 0.3) is 0 Å². The quantitative estimate of drug-likeness (QED) is 0.729. The number of ether oxygens (including phenoxy) is 7. The maximum Gasteiger partial charge on any atom is 0.231 e. The van der Waals surface area contributed by atoms with Gasteiger partial charge in [0.15, 0.2) is 29.3 Å². The van der Waals surface area contributed by atoms with Gasteiger partial charge in [-0.3, -0.25) is 0 Å². The van der Waals surface area contributed by atoms with E-state index in [2.05, 4.69) is 13.8 Å². The fraction of sp³-hybridized carbons (Fsp3) is 0.478. The predicted octanol–water partition coefficient (Wildman–Crippen LogP) is 4.13. The minimum atomic E-state index is -0.326. The summed E-state index contributed by atoms with van der Waals surface area (Å²) in [5, 5.41) is 10.4. The van der Waals surface area contributed by atoms with Crippen LogP contribution in [0, 0.1) is 11.8 Å². The molecule has 0 radical (unpaired) electrons. The summed E-state index contributed by atoms with van der Waals surface area (Å²) in [6.45, 7) is 4.34. The fourth-order valence-electron chi connectivity index (χ4n) is 4.33. The van der Waals surface area contributed by atoms with Crippen LogP contribution in [-0.4, -0.2) is 46.6 Å². The summed E-state index contributed by atoms with van der Waals surface area (Å²) in [6, 6.07) is 5.40. The largest absolute Gasteiger partial charge is 0.502 e. The molecule has 0 spiro atoms. The summed E-state index contributed by atoms with van der Waals surface area (Å²) in [5.41, 5.74) is 2.35. The second-order valence-corrected chi connectivity index (χ2v) is 7.72. The van der Waals surface area contributed by atoms with Gasteiger partial charge in [-0.25, -0.2) is 0 Å². The zero-order valence-electron chi connectivity index (χ0n) is 18.6. The van der Waals surface area contributed by atoms with Crippen LogP contribution in [0.3, 0.4) is 0 Å². The van der Waals surface area contributed by atoms with Crippen LogP contribution in [0.2, 0.25) is 0 Å². The summed E-state index contributed by atoms with van der Waals surface area (Å²) >= 11 is 0. The number of hydrogen-bond donors (Lipinski definition) is 1. The van der Waals surface area contributed by atoms with Gasteiger partial charge < -0.3 is 38.3 Å². The van der Waals surface area contributed by atoms with E-state index in [0.29, 0.717) is 17.2 Å². The lowest BCUT2D eigenvalue weighted by Crippen LogP contribution is -2.17. The summed E-state index contributed by atoms with van der Waals surface area (Å²) in [7, 11) is 6.21. The van der Waals surface area contributed by atoms with Crippen LogP contribution in [0.5, 0.6) is 34.5 Å². The third-order valence-corrected chi connectivity index (χ3v) is 6.18. The number of phenols is 1. The molecule has 2 aromatic carbocycles. The van der Waals surface area contributed by atoms with Crippen molar-refractivity contribution in [1.29, 1.82) is 0 Å². The Labute approximate surface area is 181 Å². The van der Waals surface area contributed by atoms with E-state index in [1.165, 1.54) is 14.2 Å². The Morgan fingerprint density at radius 3 is 2.13 bits per heavy atom. The van der Waals surface area contributed by atoms with E-state index in [0.717, 1.165) is 16.7 Å². The zero-order valence-corrected chi connectivity index (χ0v) is 18.6. The van der Waals surface area contributed by atoms with E-state index < -0.39 is 0 Å². The molecular weight excluding hydrogens is 404 g/mol. The molecule has 31 heavy (non-hydrogen) atoms. The molecule has 1 N–H and O–H groups in total. The maximum absolute atomic E-state index is 10.4. The lowest BCUT2D eigenvalue weighted by atomic mass is 9.85. The number of rotatable bonds is 6. The molecular formula is C23H28O8. The lowest BCUT2D eigenvalue weighted by molar-refractivity contribution is -0.130. The number of hydrogen-bond acceptors (Lipinski definition) is 8. The monoisotopic (exact) mass is 432 g/mol. The van der Waals surface area contributed by atoms with Crippen molar-refractivity contribution in [2.45, 2.75) is 26.2 Å². The first-order valence-corrected chi connectivity index (χ1v) is 10.1. The average molecular weight is 432 g/mol. The second-order valence-electron chi connectivity index (χ2n) is 7.72. The zero-order chi connectivity index (χ0) is 22.3. The van der Waals surface area contributed by atoms with Gasteiger partial charge in [0.1, 0.15) is 0 Å². The fourth-order valence-corrected chi connectivity index (χ4v) is 4.33. The standard InChI is InChI=1S/C23H28O8/c1-11-12(2)23(28-6)31-20(11)14-9-17-21(30-10-29-17)22(27-5)18(14)13-7-15(25-3)19(24)16(8-13)26-4/h7-9,11-12,20,23-24H,10H2,1-6H3/t11-,12+,20-,23+/m1/s1. The Morgan fingerprint density at radius 2 is 1.58 bits per heavy atom. The van der Waals surface area contributed by atoms with Crippen molar-refractivity contribution in [2.75, 3.05) is 35.2 Å². The molecule has 1 saturated heterocycles. The van der Waals surface area contributed by atoms with Crippen LogP contribution in [0.15, 0.2) is 18.2 Å². The van der Waals surface area contributed by atoms with E-state index in [9.17, 15) is 5.11 Å². The molecule has 168 valence electrons. The molecule has 4 atom stereocenters. The number of fused-ring (bicyclic) bond motifs is 1. The highest BCUT2D eigenvalue weighted by Crippen LogP contribution is 2.55. The highest BCUT2D eigenvalue weighted by Gasteiger charge is 2.43. The summed E-state index contributed by atoms with van der Waals surface area (Å²) in [4.78, 5) is 0. The third kappa shape index (κ3) is 3.40. The molecule has 2 heterocycles. The summed E-state index contributed by atoms with van der Waals surface area (Å²) in [6.07, 6.45) is -0.600. The number of benzene rings is 2. The average Bonchev–Trinajstić information content (AvgIpc) is 3.37. The Bertz CT molecular complexity index is 948. The summed E-state index contributed by atoms with van der Waals surface area (Å²) < 4.78 is 39.8. The van der Waals surface area contributed by atoms with Crippen LogP contribution in [0.1, 0.15) is 25.5 Å². The molecule has 1 fully saturated rings. The molecule has 0 amide bonds. The minimum absolute atomic E-state index is 0.0754. The van der Waals surface area contributed by atoms with Crippen LogP contribution in [0.4, 0.5) is 0 Å². The smallest absolute Gasteiger partial charge is 0.231 e. The maximum atomic E-state index is 10.4. The molecule has 2 aromatic rings. The van der Waals surface area contributed by atoms with Crippen molar-refractivity contribution in [3.8, 4) is 45.6 Å². The van der Waals surface area contributed by atoms with Gasteiger partial charge in [0.05, 0.1) is 27.4 Å². The Morgan fingerprint density at radius 1 is 0.903 bits per heavy atom. The number of phenolic OH excluding ortho intramolecular Hbond substituents is 1. The van der Waals surface area contributed by atoms with Crippen LogP contribution >= 0.6 is 0 Å². The molecule has 4 rings (SSSR count).